The normalized spacial score (nSPS) is 29.4. The van der Waals surface area contributed by atoms with Gasteiger partial charge in [-0.05, 0) is 81.6 Å². The Hall–Kier alpha value is -1.45. The molecule has 138 valence electrons. The number of terminal acetylenes is 1. The molecule has 0 aromatic carbocycles. The Morgan fingerprint density at radius 3 is 2.65 bits per heavy atom. The average molecular weight is 367 g/mol. The van der Waals surface area contributed by atoms with Crippen LogP contribution in [-0.2, 0) is 0 Å². The highest BCUT2D eigenvalue weighted by Crippen LogP contribution is 2.51. The SMILES string of the molecule is C#CC(C(=C)C1C(CC2=CC=CCC2)C(=C)CC1C(C)Cl)=C1CCCC1. The standard InChI is InChI=1S/C25H31Cl/c1-5-22(21-13-9-10-14-21)18(3)25-23(16-20-11-7-6-8-12-20)17(2)15-24(25)19(4)26/h1,6-7,11,19,23-25H,2-3,8-10,12-16H2,4H3. The van der Waals surface area contributed by atoms with Crippen molar-refractivity contribution in [3.05, 3.63) is 59.3 Å². The van der Waals surface area contributed by atoms with Crippen molar-refractivity contribution in [2.24, 2.45) is 17.8 Å². The van der Waals surface area contributed by atoms with Crippen LogP contribution in [0.15, 0.2) is 59.3 Å². The maximum Gasteiger partial charge on any atom is 0.0345 e. The Balaban J connectivity index is 1.92. The van der Waals surface area contributed by atoms with Gasteiger partial charge in [0.05, 0.1) is 0 Å². The first-order valence-electron chi connectivity index (χ1n) is 10.1. The summed E-state index contributed by atoms with van der Waals surface area (Å²) in [4.78, 5) is 0. The van der Waals surface area contributed by atoms with Crippen LogP contribution in [0.25, 0.3) is 0 Å². The number of hydrogen-bond acceptors (Lipinski definition) is 0. The van der Waals surface area contributed by atoms with E-state index < -0.39 is 0 Å². The van der Waals surface area contributed by atoms with Gasteiger partial charge < -0.3 is 0 Å². The van der Waals surface area contributed by atoms with Gasteiger partial charge in [0.1, 0.15) is 0 Å². The van der Waals surface area contributed by atoms with E-state index in [1.807, 2.05) is 0 Å². The zero-order chi connectivity index (χ0) is 18.7. The molecule has 4 atom stereocenters. The van der Waals surface area contributed by atoms with Crippen LogP contribution in [0.5, 0.6) is 0 Å². The first kappa shape index (κ1) is 19.3. The molecular formula is C25H31Cl. The highest BCUT2D eigenvalue weighted by atomic mass is 35.5. The first-order valence-corrected chi connectivity index (χ1v) is 10.5. The third kappa shape index (κ3) is 3.94. The van der Waals surface area contributed by atoms with Gasteiger partial charge >= 0.3 is 0 Å². The lowest BCUT2D eigenvalue weighted by Crippen LogP contribution is -2.24. The zero-order valence-corrected chi connectivity index (χ0v) is 16.8. The van der Waals surface area contributed by atoms with Crippen molar-refractivity contribution in [1.82, 2.24) is 0 Å². The summed E-state index contributed by atoms with van der Waals surface area (Å²) in [5, 5.41) is 0.103. The molecule has 0 aromatic rings. The molecule has 0 heterocycles. The summed E-state index contributed by atoms with van der Waals surface area (Å²) < 4.78 is 0. The maximum atomic E-state index is 6.63. The minimum absolute atomic E-state index is 0.103. The van der Waals surface area contributed by atoms with Gasteiger partial charge in [-0.25, -0.2) is 0 Å². The summed E-state index contributed by atoms with van der Waals surface area (Å²) in [5.41, 5.74) is 6.53. The van der Waals surface area contributed by atoms with Crippen LogP contribution in [0.4, 0.5) is 0 Å². The van der Waals surface area contributed by atoms with Crippen LogP contribution < -0.4 is 0 Å². The number of allylic oxidation sites excluding steroid dienone is 8. The average Bonchev–Trinajstić information content (AvgIpc) is 3.25. The van der Waals surface area contributed by atoms with Gasteiger partial charge in [-0.15, -0.1) is 18.0 Å². The van der Waals surface area contributed by atoms with Crippen LogP contribution in [0.3, 0.4) is 0 Å². The van der Waals surface area contributed by atoms with E-state index >= 15 is 0 Å². The molecule has 0 amide bonds. The van der Waals surface area contributed by atoms with E-state index in [-0.39, 0.29) is 5.38 Å². The fourth-order valence-corrected chi connectivity index (χ4v) is 5.35. The van der Waals surface area contributed by atoms with Crippen molar-refractivity contribution in [2.75, 3.05) is 0 Å². The third-order valence-electron chi connectivity index (χ3n) is 6.52. The van der Waals surface area contributed by atoms with Crippen LogP contribution in [0, 0.1) is 30.1 Å². The van der Waals surface area contributed by atoms with Crippen molar-refractivity contribution >= 4 is 11.6 Å². The Kier molecular flexibility index (Phi) is 6.31. The zero-order valence-electron chi connectivity index (χ0n) is 16.1. The topological polar surface area (TPSA) is 0 Å². The molecule has 3 aliphatic rings. The molecule has 2 saturated carbocycles. The second-order valence-electron chi connectivity index (χ2n) is 8.19. The molecule has 0 saturated heterocycles. The van der Waals surface area contributed by atoms with Gasteiger partial charge in [0.25, 0.3) is 0 Å². The lowest BCUT2D eigenvalue weighted by atomic mass is 9.75. The van der Waals surface area contributed by atoms with E-state index in [0.29, 0.717) is 17.8 Å². The molecule has 26 heavy (non-hydrogen) atoms. The predicted octanol–water partition coefficient (Wildman–Crippen LogP) is 7.15. The molecule has 3 rings (SSSR count). The molecule has 0 aliphatic heterocycles. The minimum atomic E-state index is 0.103. The summed E-state index contributed by atoms with van der Waals surface area (Å²) in [6, 6.07) is 0. The molecule has 0 N–H and O–H groups in total. The van der Waals surface area contributed by atoms with E-state index in [9.17, 15) is 0 Å². The lowest BCUT2D eigenvalue weighted by molar-refractivity contribution is 0.366. The lowest BCUT2D eigenvalue weighted by Gasteiger charge is -2.30. The monoisotopic (exact) mass is 366 g/mol. The van der Waals surface area contributed by atoms with E-state index in [1.54, 1.807) is 0 Å². The number of halogens is 1. The Morgan fingerprint density at radius 1 is 1.35 bits per heavy atom. The molecule has 0 radical (unpaired) electrons. The Labute approximate surface area is 164 Å². The van der Waals surface area contributed by atoms with Gasteiger partial charge in [-0.2, -0.15) is 0 Å². The number of hydrogen-bond donors (Lipinski definition) is 0. The molecule has 0 aromatic heterocycles. The van der Waals surface area contributed by atoms with Crippen molar-refractivity contribution < 1.29 is 0 Å². The first-order chi connectivity index (χ1) is 12.5. The molecule has 0 nitrogen and oxygen atoms in total. The second kappa shape index (κ2) is 8.49. The highest BCUT2D eigenvalue weighted by molar-refractivity contribution is 6.20. The van der Waals surface area contributed by atoms with E-state index in [2.05, 4.69) is 44.2 Å². The summed E-state index contributed by atoms with van der Waals surface area (Å²) in [7, 11) is 0. The molecule has 0 spiro atoms. The summed E-state index contributed by atoms with van der Waals surface area (Å²) in [5.74, 6) is 4.12. The van der Waals surface area contributed by atoms with Gasteiger partial charge in [0.15, 0.2) is 0 Å². The van der Waals surface area contributed by atoms with Crippen molar-refractivity contribution in [1.29, 1.82) is 0 Å². The summed E-state index contributed by atoms with van der Waals surface area (Å²) >= 11 is 6.63. The van der Waals surface area contributed by atoms with Crippen LogP contribution in [-0.4, -0.2) is 5.38 Å². The Morgan fingerprint density at radius 2 is 2.08 bits per heavy atom. The van der Waals surface area contributed by atoms with E-state index in [4.69, 9.17) is 18.0 Å². The van der Waals surface area contributed by atoms with Crippen molar-refractivity contribution in [2.45, 2.75) is 63.7 Å². The van der Waals surface area contributed by atoms with Crippen molar-refractivity contribution in [3.8, 4) is 12.3 Å². The largest absolute Gasteiger partial charge is 0.123 e. The highest BCUT2D eigenvalue weighted by Gasteiger charge is 2.43. The van der Waals surface area contributed by atoms with Gasteiger partial charge in [0, 0.05) is 11.0 Å². The molecule has 2 fully saturated rings. The smallest absolute Gasteiger partial charge is 0.0345 e. The van der Waals surface area contributed by atoms with Crippen LogP contribution in [0.1, 0.15) is 58.3 Å². The molecule has 4 unspecified atom stereocenters. The van der Waals surface area contributed by atoms with Gasteiger partial charge in [0.2, 0.25) is 0 Å². The van der Waals surface area contributed by atoms with Crippen LogP contribution >= 0.6 is 11.6 Å². The van der Waals surface area contributed by atoms with Crippen molar-refractivity contribution in [3.63, 3.8) is 0 Å². The fourth-order valence-electron chi connectivity index (χ4n) is 5.10. The van der Waals surface area contributed by atoms with E-state index in [0.717, 1.165) is 49.7 Å². The fraction of sp³-hybridized carbons (Fsp3) is 0.520. The maximum absolute atomic E-state index is 6.63. The van der Waals surface area contributed by atoms with Gasteiger partial charge in [-0.1, -0.05) is 54.0 Å². The molecule has 0 bridgehead atoms. The Bertz CT molecular complexity index is 699. The van der Waals surface area contributed by atoms with Crippen LogP contribution in [0.2, 0.25) is 0 Å². The number of alkyl halides is 1. The molecule has 3 aliphatic carbocycles. The third-order valence-corrected chi connectivity index (χ3v) is 6.84. The van der Waals surface area contributed by atoms with Gasteiger partial charge in [-0.3, -0.25) is 0 Å². The summed E-state index contributed by atoms with van der Waals surface area (Å²) in [6.45, 7) is 11.1. The summed E-state index contributed by atoms with van der Waals surface area (Å²) in [6.07, 6.45) is 21.8. The minimum Gasteiger partial charge on any atom is -0.123 e. The predicted molar refractivity (Wildman–Crippen MR) is 114 cm³/mol. The van der Waals surface area contributed by atoms with E-state index in [1.165, 1.54) is 29.6 Å². The second-order valence-corrected chi connectivity index (χ2v) is 8.88. The quantitative estimate of drug-likeness (QED) is 0.275. The molecular weight excluding hydrogens is 336 g/mol. The molecule has 1 heteroatoms. The number of rotatable bonds is 5.